The van der Waals surface area contributed by atoms with E-state index >= 15 is 0 Å². The van der Waals surface area contributed by atoms with Gasteiger partial charge < -0.3 is 15.5 Å². The molecular formula is C21H24BrN3O3. The lowest BCUT2D eigenvalue weighted by molar-refractivity contribution is -0.133. The first-order valence-electron chi connectivity index (χ1n) is 8.91. The molecule has 2 aromatic carbocycles. The molecule has 0 fully saturated rings. The summed E-state index contributed by atoms with van der Waals surface area (Å²) >= 11 is 3.38. The Kier molecular flexibility index (Phi) is 7.75. The van der Waals surface area contributed by atoms with Gasteiger partial charge in [-0.25, -0.2) is 0 Å². The van der Waals surface area contributed by atoms with Crippen LogP contribution in [0.2, 0.25) is 0 Å². The second kappa shape index (κ2) is 10.0. The Hall–Kier alpha value is -2.67. The standard InChI is InChI=1S/C21H24BrN3O3/c1-14-5-4-6-16(11-14)21(28)23-10-9-20(27)25(3)13-19(26)24-18-8-7-17(22)12-15(18)2/h4-8,11-12H,9-10,13H2,1-3H3,(H,23,28)(H,24,26). The number of benzene rings is 2. The van der Waals surface area contributed by atoms with Crippen LogP contribution in [0.3, 0.4) is 0 Å². The highest BCUT2D eigenvalue weighted by molar-refractivity contribution is 9.10. The van der Waals surface area contributed by atoms with E-state index in [9.17, 15) is 14.4 Å². The smallest absolute Gasteiger partial charge is 0.251 e. The summed E-state index contributed by atoms with van der Waals surface area (Å²) < 4.78 is 0.933. The molecule has 0 radical (unpaired) electrons. The molecule has 2 N–H and O–H groups in total. The predicted molar refractivity (Wildman–Crippen MR) is 113 cm³/mol. The second-order valence-electron chi connectivity index (χ2n) is 6.63. The van der Waals surface area contributed by atoms with E-state index < -0.39 is 0 Å². The maximum Gasteiger partial charge on any atom is 0.251 e. The van der Waals surface area contributed by atoms with Crippen molar-refractivity contribution in [3.8, 4) is 0 Å². The normalized spacial score (nSPS) is 10.3. The number of aryl methyl sites for hydroxylation is 2. The Labute approximate surface area is 173 Å². The third-order valence-electron chi connectivity index (χ3n) is 4.17. The number of carbonyl (C=O) groups is 3. The van der Waals surface area contributed by atoms with Crippen molar-refractivity contribution in [2.45, 2.75) is 20.3 Å². The molecule has 0 saturated carbocycles. The fourth-order valence-corrected chi connectivity index (χ4v) is 3.10. The maximum atomic E-state index is 12.2. The highest BCUT2D eigenvalue weighted by atomic mass is 79.9. The van der Waals surface area contributed by atoms with Gasteiger partial charge in [-0.05, 0) is 49.7 Å². The Morgan fingerprint density at radius 3 is 2.50 bits per heavy atom. The molecule has 0 aromatic heterocycles. The van der Waals surface area contributed by atoms with Gasteiger partial charge in [-0.3, -0.25) is 14.4 Å². The topological polar surface area (TPSA) is 78.5 Å². The molecule has 0 atom stereocenters. The Bertz CT molecular complexity index is 883. The average Bonchev–Trinajstić information content (AvgIpc) is 2.63. The summed E-state index contributed by atoms with van der Waals surface area (Å²) in [6, 6.07) is 12.8. The summed E-state index contributed by atoms with van der Waals surface area (Å²) in [5.74, 6) is -0.708. The summed E-state index contributed by atoms with van der Waals surface area (Å²) in [7, 11) is 1.57. The summed E-state index contributed by atoms with van der Waals surface area (Å²) in [5, 5.41) is 5.53. The minimum absolute atomic E-state index is 0.0554. The van der Waals surface area contributed by atoms with Gasteiger partial charge in [-0.15, -0.1) is 0 Å². The van der Waals surface area contributed by atoms with E-state index in [1.54, 1.807) is 25.2 Å². The van der Waals surface area contributed by atoms with Crippen LogP contribution < -0.4 is 10.6 Å². The molecule has 3 amide bonds. The quantitative estimate of drug-likeness (QED) is 0.685. The van der Waals surface area contributed by atoms with E-state index in [0.29, 0.717) is 11.3 Å². The number of nitrogens with one attached hydrogen (secondary N) is 2. The van der Waals surface area contributed by atoms with E-state index in [4.69, 9.17) is 0 Å². The zero-order chi connectivity index (χ0) is 20.7. The summed E-state index contributed by atoms with van der Waals surface area (Å²) in [6.07, 6.45) is 0.124. The molecule has 148 valence electrons. The van der Waals surface area contributed by atoms with E-state index in [-0.39, 0.29) is 37.2 Å². The van der Waals surface area contributed by atoms with Crippen molar-refractivity contribution in [3.63, 3.8) is 0 Å². The van der Waals surface area contributed by atoms with Gasteiger partial charge >= 0.3 is 0 Å². The van der Waals surface area contributed by atoms with Crippen molar-refractivity contribution in [3.05, 3.63) is 63.6 Å². The summed E-state index contributed by atoms with van der Waals surface area (Å²) in [5.41, 5.74) is 3.19. The zero-order valence-corrected chi connectivity index (χ0v) is 17.8. The van der Waals surface area contributed by atoms with Crippen molar-refractivity contribution < 1.29 is 14.4 Å². The third-order valence-corrected chi connectivity index (χ3v) is 4.67. The number of nitrogens with zero attached hydrogens (tertiary/aromatic N) is 1. The van der Waals surface area contributed by atoms with Gasteiger partial charge in [-0.1, -0.05) is 33.6 Å². The second-order valence-corrected chi connectivity index (χ2v) is 7.55. The number of likely N-dealkylation sites (N-methyl/N-ethyl adjacent to an activating group) is 1. The van der Waals surface area contributed by atoms with E-state index in [0.717, 1.165) is 15.6 Å². The Morgan fingerprint density at radius 1 is 1.07 bits per heavy atom. The fourth-order valence-electron chi connectivity index (χ4n) is 2.62. The van der Waals surface area contributed by atoms with Gasteiger partial charge in [0.05, 0.1) is 6.54 Å². The van der Waals surface area contributed by atoms with E-state index in [2.05, 4.69) is 26.6 Å². The van der Waals surface area contributed by atoms with Crippen LogP contribution in [0.15, 0.2) is 46.9 Å². The highest BCUT2D eigenvalue weighted by Crippen LogP contribution is 2.19. The Balaban J connectivity index is 1.77. The number of hydrogen-bond donors (Lipinski definition) is 2. The largest absolute Gasteiger partial charge is 0.352 e. The molecule has 0 spiro atoms. The minimum atomic E-state index is -0.273. The minimum Gasteiger partial charge on any atom is -0.352 e. The van der Waals surface area contributed by atoms with Crippen LogP contribution in [0.25, 0.3) is 0 Å². The van der Waals surface area contributed by atoms with E-state index in [1.165, 1.54) is 4.90 Å². The van der Waals surface area contributed by atoms with Crippen LogP contribution in [0, 0.1) is 13.8 Å². The van der Waals surface area contributed by atoms with Crippen molar-refractivity contribution in [1.82, 2.24) is 10.2 Å². The van der Waals surface area contributed by atoms with Crippen LogP contribution in [0.5, 0.6) is 0 Å². The first-order chi connectivity index (χ1) is 13.3. The summed E-state index contributed by atoms with van der Waals surface area (Å²) in [4.78, 5) is 37.8. The molecule has 0 aliphatic rings. The van der Waals surface area contributed by atoms with Gasteiger partial charge in [0.2, 0.25) is 11.8 Å². The number of halogens is 1. The number of rotatable bonds is 7. The lowest BCUT2D eigenvalue weighted by atomic mass is 10.1. The molecule has 7 heteroatoms. The molecule has 0 aliphatic carbocycles. The van der Waals surface area contributed by atoms with Gasteiger partial charge in [-0.2, -0.15) is 0 Å². The van der Waals surface area contributed by atoms with Crippen molar-refractivity contribution in [2.24, 2.45) is 0 Å². The van der Waals surface area contributed by atoms with Crippen LogP contribution >= 0.6 is 15.9 Å². The average molecular weight is 446 g/mol. The van der Waals surface area contributed by atoms with Gasteiger partial charge in [0.15, 0.2) is 0 Å². The molecule has 0 aliphatic heterocycles. The van der Waals surface area contributed by atoms with Crippen LogP contribution in [-0.4, -0.2) is 42.8 Å². The maximum absolute atomic E-state index is 12.2. The van der Waals surface area contributed by atoms with Crippen LogP contribution in [0.1, 0.15) is 27.9 Å². The first kappa shape index (κ1) is 21.6. The Morgan fingerprint density at radius 2 is 1.82 bits per heavy atom. The first-order valence-corrected chi connectivity index (χ1v) is 9.70. The van der Waals surface area contributed by atoms with Crippen molar-refractivity contribution in [2.75, 3.05) is 25.5 Å². The fraction of sp³-hybridized carbons (Fsp3) is 0.286. The van der Waals surface area contributed by atoms with Crippen molar-refractivity contribution >= 4 is 39.3 Å². The highest BCUT2D eigenvalue weighted by Gasteiger charge is 2.14. The molecule has 2 rings (SSSR count). The molecule has 2 aromatic rings. The van der Waals surface area contributed by atoms with E-state index in [1.807, 2.05) is 38.1 Å². The van der Waals surface area contributed by atoms with Gasteiger partial charge in [0.1, 0.15) is 0 Å². The van der Waals surface area contributed by atoms with Crippen LogP contribution in [0.4, 0.5) is 5.69 Å². The predicted octanol–water partition coefficient (Wildman–Crippen LogP) is 3.28. The number of amides is 3. The van der Waals surface area contributed by atoms with Gasteiger partial charge in [0.25, 0.3) is 5.91 Å². The lowest BCUT2D eigenvalue weighted by Gasteiger charge is -2.17. The molecule has 28 heavy (non-hydrogen) atoms. The molecule has 0 heterocycles. The number of carbonyl (C=O) groups excluding carboxylic acids is 3. The molecule has 0 unspecified atom stereocenters. The zero-order valence-electron chi connectivity index (χ0n) is 16.2. The third kappa shape index (κ3) is 6.49. The molecule has 6 nitrogen and oxygen atoms in total. The SMILES string of the molecule is Cc1cccc(C(=O)NCCC(=O)N(C)CC(=O)Nc2ccc(Br)cc2C)c1. The number of hydrogen-bond acceptors (Lipinski definition) is 3. The van der Waals surface area contributed by atoms with Crippen molar-refractivity contribution in [1.29, 1.82) is 0 Å². The molecular weight excluding hydrogens is 422 g/mol. The molecule has 0 saturated heterocycles. The monoisotopic (exact) mass is 445 g/mol. The lowest BCUT2D eigenvalue weighted by Crippen LogP contribution is -2.37. The van der Waals surface area contributed by atoms with Crippen LogP contribution in [-0.2, 0) is 9.59 Å². The summed E-state index contributed by atoms with van der Waals surface area (Å²) in [6.45, 7) is 3.96. The number of anilines is 1. The molecule has 0 bridgehead atoms. The van der Waals surface area contributed by atoms with Gasteiger partial charge in [0, 0.05) is 35.7 Å².